The van der Waals surface area contributed by atoms with Crippen LogP contribution in [0.15, 0.2) is 12.5 Å². The molecule has 0 saturated heterocycles. The first-order valence-electron chi connectivity index (χ1n) is 6.63. The third kappa shape index (κ3) is 5.55. The van der Waals surface area contributed by atoms with E-state index in [0.29, 0.717) is 0 Å². The third-order valence-corrected chi connectivity index (χ3v) is 3.56. The Morgan fingerprint density at radius 3 is 2.82 bits per heavy atom. The summed E-state index contributed by atoms with van der Waals surface area (Å²) in [5.41, 5.74) is 1.18. The summed E-state index contributed by atoms with van der Waals surface area (Å²) >= 11 is 0. The molecule has 17 heavy (non-hydrogen) atoms. The summed E-state index contributed by atoms with van der Waals surface area (Å²) in [5.74, 6) is 1.02. The van der Waals surface area contributed by atoms with Gasteiger partial charge in [0.15, 0.2) is 0 Å². The summed E-state index contributed by atoms with van der Waals surface area (Å²) in [6.45, 7) is 2.06. The standard InChI is InChI=1S/C13H23N3.ClH/c1-2-5-12(6-3-1)7-4-8-14-9-13-10-15-11-16-13;/h10-12,14H,1-9H2,(H,15,16);1H. The molecule has 0 unspecified atom stereocenters. The first-order chi connectivity index (χ1) is 7.95. The van der Waals surface area contributed by atoms with Gasteiger partial charge in [-0.15, -0.1) is 12.4 Å². The predicted octanol–water partition coefficient (Wildman–Crippen LogP) is 3.28. The van der Waals surface area contributed by atoms with E-state index in [1.807, 2.05) is 6.20 Å². The number of H-pyrrole nitrogens is 1. The van der Waals surface area contributed by atoms with Gasteiger partial charge in [0.2, 0.25) is 0 Å². The number of aromatic amines is 1. The number of nitrogens with one attached hydrogen (secondary N) is 2. The van der Waals surface area contributed by atoms with E-state index in [2.05, 4.69) is 15.3 Å². The SMILES string of the molecule is Cl.c1ncc(CNCCCC2CCCCC2)[nH]1. The molecule has 0 amide bonds. The first kappa shape index (κ1) is 14.5. The van der Waals surface area contributed by atoms with E-state index in [-0.39, 0.29) is 12.4 Å². The minimum Gasteiger partial charge on any atom is -0.347 e. The molecule has 0 radical (unpaired) electrons. The lowest BCUT2D eigenvalue weighted by molar-refractivity contribution is 0.330. The molecule has 0 atom stereocenters. The van der Waals surface area contributed by atoms with Crippen LogP contribution in [0.2, 0.25) is 0 Å². The van der Waals surface area contributed by atoms with Crippen LogP contribution < -0.4 is 5.32 Å². The third-order valence-electron chi connectivity index (χ3n) is 3.56. The van der Waals surface area contributed by atoms with Gasteiger partial charge < -0.3 is 10.3 Å². The van der Waals surface area contributed by atoms with E-state index >= 15 is 0 Å². The fourth-order valence-electron chi connectivity index (χ4n) is 2.60. The maximum atomic E-state index is 4.00. The molecular weight excluding hydrogens is 234 g/mol. The van der Waals surface area contributed by atoms with Crippen molar-refractivity contribution in [3.05, 3.63) is 18.2 Å². The van der Waals surface area contributed by atoms with E-state index in [0.717, 1.165) is 19.0 Å². The Kier molecular flexibility index (Phi) is 7.29. The molecule has 1 aliphatic rings. The van der Waals surface area contributed by atoms with Gasteiger partial charge in [0.1, 0.15) is 0 Å². The van der Waals surface area contributed by atoms with Crippen molar-refractivity contribution in [2.75, 3.05) is 6.54 Å². The lowest BCUT2D eigenvalue weighted by atomic mass is 9.86. The van der Waals surface area contributed by atoms with Gasteiger partial charge in [-0.05, 0) is 25.3 Å². The molecule has 0 aromatic carbocycles. The van der Waals surface area contributed by atoms with Crippen LogP contribution in [0.25, 0.3) is 0 Å². The van der Waals surface area contributed by atoms with E-state index in [1.54, 1.807) is 6.33 Å². The second-order valence-electron chi connectivity index (χ2n) is 4.90. The minimum absolute atomic E-state index is 0. The molecule has 1 fully saturated rings. The molecule has 1 aromatic rings. The molecule has 0 spiro atoms. The summed E-state index contributed by atoms with van der Waals surface area (Å²) in [5, 5.41) is 3.46. The maximum Gasteiger partial charge on any atom is 0.0922 e. The van der Waals surface area contributed by atoms with Crippen molar-refractivity contribution in [2.24, 2.45) is 5.92 Å². The van der Waals surface area contributed by atoms with E-state index in [9.17, 15) is 0 Å². The first-order valence-corrected chi connectivity index (χ1v) is 6.63. The average molecular weight is 258 g/mol. The highest BCUT2D eigenvalue weighted by molar-refractivity contribution is 5.85. The topological polar surface area (TPSA) is 40.7 Å². The quantitative estimate of drug-likeness (QED) is 0.768. The number of hydrogen-bond acceptors (Lipinski definition) is 2. The largest absolute Gasteiger partial charge is 0.347 e. The van der Waals surface area contributed by atoms with Crippen LogP contribution in [0.3, 0.4) is 0 Å². The Morgan fingerprint density at radius 1 is 1.29 bits per heavy atom. The number of rotatable bonds is 6. The monoisotopic (exact) mass is 257 g/mol. The maximum absolute atomic E-state index is 4.00. The van der Waals surface area contributed by atoms with Crippen LogP contribution in [-0.2, 0) is 6.54 Å². The number of imidazole rings is 1. The van der Waals surface area contributed by atoms with E-state index < -0.39 is 0 Å². The van der Waals surface area contributed by atoms with Crippen molar-refractivity contribution in [1.82, 2.24) is 15.3 Å². The number of halogens is 1. The normalized spacial score (nSPS) is 16.7. The highest BCUT2D eigenvalue weighted by Crippen LogP contribution is 2.26. The van der Waals surface area contributed by atoms with Crippen LogP contribution in [-0.4, -0.2) is 16.5 Å². The van der Waals surface area contributed by atoms with Crippen molar-refractivity contribution < 1.29 is 0 Å². The van der Waals surface area contributed by atoms with Gasteiger partial charge in [0.05, 0.1) is 6.33 Å². The Bertz CT molecular complexity index is 268. The Hall–Kier alpha value is -0.540. The summed E-state index contributed by atoms with van der Waals surface area (Å²) in [7, 11) is 0. The molecule has 0 aliphatic heterocycles. The summed E-state index contributed by atoms with van der Waals surface area (Å²) in [6.07, 6.45) is 13.7. The zero-order valence-electron chi connectivity index (χ0n) is 10.5. The Morgan fingerprint density at radius 2 is 2.12 bits per heavy atom. The van der Waals surface area contributed by atoms with Gasteiger partial charge in [0, 0.05) is 18.4 Å². The van der Waals surface area contributed by atoms with Gasteiger partial charge in [-0.3, -0.25) is 0 Å². The highest BCUT2D eigenvalue weighted by Gasteiger charge is 2.12. The summed E-state index contributed by atoms with van der Waals surface area (Å²) < 4.78 is 0. The van der Waals surface area contributed by atoms with Crippen molar-refractivity contribution in [3.8, 4) is 0 Å². The Labute approximate surface area is 110 Å². The number of aromatic nitrogens is 2. The van der Waals surface area contributed by atoms with E-state index in [1.165, 1.54) is 50.6 Å². The lowest BCUT2D eigenvalue weighted by Gasteiger charge is -2.21. The molecule has 1 aliphatic carbocycles. The van der Waals surface area contributed by atoms with Gasteiger partial charge >= 0.3 is 0 Å². The zero-order valence-corrected chi connectivity index (χ0v) is 11.3. The van der Waals surface area contributed by atoms with Crippen molar-refractivity contribution >= 4 is 12.4 Å². The number of nitrogens with zero attached hydrogens (tertiary/aromatic N) is 1. The molecule has 2 N–H and O–H groups in total. The van der Waals surface area contributed by atoms with Crippen molar-refractivity contribution in [2.45, 2.75) is 51.5 Å². The van der Waals surface area contributed by atoms with Crippen LogP contribution >= 0.6 is 12.4 Å². The summed E-state index contributed by atoms with van der Waals surface area (Å²) in [4.78, 5) is 7.10. The van der Waals surface area contributed by atoms with Gasteiger partial charge in [-0.1, -0.05) is 32.1 Å². The minimum atomic E-state index is 0. The average Bonchev–Trinajstić information content (AvgIpc) is 2.83. The fraction of sp³-hybridized carbons (Fsp3) is 0.769. The highest BCUT2D eigenvalue weighted by atomic mass is 35.5. The van der Waals surface area contributed by atoms with E-state index in [4.69, 9.17) is 0 Å². The zero-order chi connectivity index (χ0) is 11.1. The smallest absolute Gasteiger partial charge is 0.0922 e. The fourth-order valence-corrected chi connectivity index (χ4v) is 2.60. The molecule has 1 aromatic heterocycles. The van der Waals surface area contributed by atoms with Crippen molar-refractivity contribution in [1.29, 1.82) is 0 Å². The van der Waals surface area contributed by atoms with Gasteiger partial charge in [-0.2, -0.15) is 0 Å². The lowest BCUT2D eigenvalue weighted by Crippen LogP contribution is -2.16. The summed E-state index contributed by atoms with van der Waals surface area (Å²) in [6, 6.07) is 0. The molecule has 0 bridgehead atoms. The van der Waals surface area contributed by atoms with Crippen LogP contribution in [0.4, 0.5) is 0 Å². The molecule has 3 nitrogen and oxygen atoms in total. The second-order valence-corrected chi connectivity index (χ2v) is 4.90. The molecule has 1 saturated carbocycles. The predicted molar refractivity (Wildman–Crippen MR) is 73.4 cm³/mol. The van der Waals surface area contributed by atoms with Gasteiger partial charge in [0.25, 0.3) is 0 Å². The molecule has 1 heterocycles. The Balaban J connectivity index is 0.00000144. The van der Waals surface area contributed by atoms with Crippen molar-refractivity contribution in [3.63, 3.8) is 0 Å². The molecular formula is C13H24ClN3. The molecule has 2 rings (SSSR count). The van der Waals surface area contributed by atoms with Crippen LogP contribution in [0, 0.1) is 5.92 Å². The molecule has 98 valence electrons. The van der Waals surface area contributed by atoms with Crippen LogP contribution in [0.5, 0.6) is 0 Å². The molecule has 4 heteroatoms. The van der Waals surface area contributed by atoms with Gasteiger partial charge in [-0.25, -0.2) is 4.98 Å². The van der Waals surface area contributed by atoms with Crippen LogP contribution in [0.1, 0.15) is 50.6 Å². The second kappa shape index (κ2) is 8.54. The number of hydrogen-bond donors (Lipinski definition) is 2.